The van der Waals surface area contributed by atoms with Crippen LogP contribution in [0.25, 0.3) is 17.2 Å². The molecule has 0 saturated carbocycles. The lowest BCUT2D eigenvalue weighted by Gasteiger charge is -2.02. The van der Waals surface area contributed by atoms with E-state index in [1.165, 1.54) is 16.8 Å². The molecule has 0 unspecified atom stereocenters. The van der Waals surface area contributed by atoms with Crippen molar-refractivity contribution in [3.63, 3.8) is 0 Å². The van der Waals surface area contributed by atoms with Crippen LogP contribution in [0.3, 0.4) is 0 Å². The molecule has 0 aliphatic carbocycles. The Bertz CT molecular complexity index is 766. The zero-order chi connectivity index (χ0) is 14.1. The highest BCUT2D eigenvalue weighted by atomic mass is 19.1. The number of nitrogens with two attached hydrogens (primary N) is 1. The molecule has 5 nitrogen and oxygen atoms in total. The van der Waals surface area contributed by atoms with Crippen molar-refractivity contribution in [3.05, 3.63) is 54.0 Å². The highest BCUT2D eigenvalue weighted by molar-refractivity contribution is 5.56. The Kier molecular flexibility index (Phi) is 2.90. The zero-order valence-electron chi connectivity index (χ0n) is 10.8. The fourth-order valence-corrected chi connectivity index (χ4v) is 1.94. The van der Waals surface area contributed by atoms with Crippen LogP contribution in [-0.2, 0) is 0 Å². The summed E-state index contributed by atoms with van der Waals surface area (Å²) in [6, 6.07) is 9.77. The number of hydrogen-bond acceptors (Lipinski definition) is 4. The smallest absolute Gasteiger partial charge is 0.223 e. The van der Waals surface area contributed by atoms with Gasteiger partial charge in [-0.15, -0.1) is 5.10 Å². The second-order valence-corrected chi connectivity index (χ2v) is 4.35. The number of pyridine rings is 1. The van der Waals surface area contributed by atoms with Gasteiger partial charge >= 0.3 is 0 Å². The molecule has 100 valence electrons. The molecule has 0 atom stereocenters. The zero-order valence-corrected chi connectivity index (χ0v) is 10.8. The fraction of sp³-hybridized carbons (Fsp3) is 0.0714. The lowest BCUT2D eigenvalue weighted by molar-refractivity contribution is 0.625. The average Bonchev–Trinajstić information content (AvgIpc) is 2.81. The number of halogens is 1. The Labute approximate surface area is 114 Å². The summed E-state index contributed by atoms with van der Waals surface area (Å²) in [5, 5.41) is 4.30. The number of hydrogen-bond donors (Lipinski definition) is 1. The van der Waals surface area contributed by atoms with E-state index in [4.69, 9.17) is 5.73 Å². The van der Waals surface area contributed by atoms with E-state index in [1.54, 1.807) is 18.3 Å². The number of benzene rings is 1. The van der Waals surface area contributed by atoms with Gasteiger partial charge in [-0.3, -0.25) is 4.98 Å². The van der Waals surface area contributed by atoms with Crippen molar-refractivity contribution in [1.29, 1.82) is 0 Å². The van der Waals surface area contributed by atoms with Gasteiger partial charge in [0, 0.05) is 6.20 Å². The number of anilines is 1. The molecule has 2 heterocycles. The van der Waals surface area contributed by atoms with Crippen LogP contribution in [0.1, 0.15) is 5.56 Å². The van der Waals surface area contributed by atoms with Gasteiger partial charge in [0.15, 0.2) is 0 Å². The number of nitrogens with zero attached hydrogens (tertiary/aromatic N) is 4. The Morgan fingerprint density at radius 3 is 2.80 bits per heavy atom. The molecule has 0 radical (unpaired) electrons. The summed E-state index contributed by atoms with van der Waals surface area (Å²) in [7, 11) is 0. The summed E-state index contributed by atoms with van der Waals surface area (Å²) in [6.07, 6.45) is 1.67. The molecule has 0 fully saturated rings. The van der Waals surface area contributed by atoms with E-state index in [-0.39, 0.29) is 11.8 Å². The first-order valence-electron chi connectivity index (χ1n) is 6.05. The van der Waals surface area contributed by atoms with Gasteiger partial charge in [-0.25, -0.2) is 4.39 Å². The maximum absolute atomic E-state index is 13.3. The van der Waals surface area contributed by atoms with Crippen LogP contribution in [0.2, 0.25) is 0 Å². The molecule has 6 heteroatoms. The molecule has 2 N–H and O–H groups in total. The first-order valence-corrected chi connectivity index (χ1v) is 6.05. The van der Waals surface area contributed by atoms with Gasteiger partial charge in [0.2, 0.25) is 11.8 Å². The number of aromatic nitrogens is 4. The molecule has 3 aromatic rings. The standard InChI is InChI=1S/C14H12FN5/c1-9-4-3-7-17-12(9)13-18-14(16)20(19-13)11-6-2-5-10(15)8-11/h2-8H,1H3,(H2,16,18,19). The largest absolute Gasteiger partial charge is 0.368 e. The summed E-state index contributed by atoms with van der Waals surface area (Å²) in [6.45, 7) is 1.92. The molecule has 1 aromatic carbocycles. The third-order valence-electron chi connectivity index (χ3n) is 2.91. The molecule has 0 aliphatic heterocycles. The van der Waals surface area contributed by atoms with Crippen molar-refractivity contribution in [3.8, 4) is 17.2 Å². The van der Waals surface area contributed by atoms with Crippen LogP contribution in [0, 0.1) is 12.7 Å². The van der Waals surface area contributed by atoms with Crippen LogP contribution in [-0.4, -0.2) is 19.7 Å². The minimum atomic E-state index is -0.354. The summed E-state index contributed by atoms with van der Waals surface area (Å²) >= 11 is 0. The first-order chi connectivity index (χ1) is 9.65. The summed E-state index contributed by atoms with van der Waals surface area (Å²) in [4.78, 5) is 8.44. The molecular weight excluding hydrogens is 257 g/mol. The first kappa shape index (κ1) is 12.3. The number of aryl methyl sites for hydroxylation is 1. The van der Waals surface area contributed by atoms with E-state index in [1.807, 2.05) is 19.1 Å². The molecule has 3 rings (SSSR count). The highest BCUT2D eigenvalue weighted by Crippen LogP contribution is 2.20. The topological polar surface area (TPSA) is 69.6 Å². The Hall–Kier alpha value is -2.76. The molecule has 0 saturated heterocycles. The molecule has 0 aliphatic rings. The molecule has 2 aromatic heterocycles. The third-order valence-corrected chi connectivity index (χ3v) is 2.91. The Morgan fingerprint density at radius 2 is 2.05 bits per heavy atom. The average molecular weight is 269 g/mol. The van der Waals surface area contributed by atoms with Crippen LogP contribution in [0.15, 0.2) is 42.6 Å². The van der Waals surface area contributed by atoms with Gasteiger partial charge in [0.05, 0.1) is 5.69 Å². The highest BCUT2D eigenvalue weighted by Gasteiger charge is 2.13. The molecule has 20 heavy (non-hydrogen) atoms. The molecule has 0 spiro atoms. The minimum absolute atomic E-state index is 0.190. The van der Waals surface area contributed by atoms with Gasteiger partial charge in [-0.2, -0.15) is 9.67 Å². The monoisotopic (exact) mass is 269 g/mol. The van der Waals surface area contributed by atoms with Crippen LogP contribution < -0.4 is 5.73 Å². The van der Waals surface area contributed by atoms with E-state index in [2.05, 4.69) is 15.1 Å². The summed E-state index contributed by atoms with van der Waals surface area (Å²) < 4.78 is 14.7. The van der Waals surface area contributed by atoms with Crippen molar-refractivity contribution in [2.45, 2.75) is 6.92 Å². The van der Waals surface area contributed by atoms with Gasteiger partial charge in [-0.05, 0) is 36.8 Å². The molecule has 0 amide bonds. The van der Waals surface area contributed by atoms with Crippen molar-refractivity contribution in [1.82, 2.24) is 19.7 Å². The van der Waals surface area contributed by atoms with Gasteiger partial charge in [-0.1, -0.05) is 12.1 Å². The Morgan fingerprint density at radius 1 is 1.20 bits per heavy atom. The third kappa shape index (κ3) is 2.11. The van der Waals surface area contributed by atoms with Crippen molar-refractivity contribution in [2.24, 2.45) is 0 Å². The van der Waals surface area contributed by atoms with Crippen molar-refractivity contribution in [2.75, 3.05) is 5.73 Å². The van der Waals surface area contributed by atoms with E-state index >= 15 is 0 Å². The maximum Gasteiger partial charge on any atom is 0.223 e. The second kappa shape index (κ2) is 4.73. The summed E-state index contributed by atoms with van der Waals surface area (Å²) in [5.41, 5.74) is 7.98. The minimum Gasteiger partial charge on any atom is -0.368 e. The van der Waals surface area contributed by atoms with E-state index in [9.17, 15) is 4.39 Å². The van der Waals surface area contributed by atoms with E-state index < -0.39 is 0 Å². The van der Waals surface area contributed by atoms with Crippen molar-refractivity contribution >= 4 is 5.95 Å². The Balaban J connectivity index is 2.10. The number of rotatable bonds is 2. The summed E-state index contributed by atoms with van der Waals surface area (Å²) in [5.74, 6) is 0.258. The lowest BCUT2D eigenvalue weighted by Crippen LogP contribution is -2.02. The molecular formula is C14H12FN5. The SMILES string of the molecule is Cc1cccnc1-c1nc(N)n(-c2cccc(F)c2)n1. The van der Waals surface area contributed by atoms with E-state index in [0.29, 0.717) is 17.2 Å². The van der Waals surface area contributed by atoms with Crippen LogP contribution in [0.5, 0.6) is 0 Å². The maximum atomic E-state index is 13.3. The van der Waals surface area contributed by atoms with Crippen LogP contribution in [0.4, 0.5) is 10.3 Å². The predicted octanol–water partition coefficient (Wildman–Crippen LogP) is 2.36. The fourth-order valence-electron chi connectivity index (χ4n) is 1.94. The van der Waals surface area contributed by atoms with Gasteiger partial charge < -0.3 is 5.73 Å². The number of nitrogen functional groups attached to an aromatic ring is 1. The van der Waals surface area contributed by atoms with Gasteiger partial charge in [0.25, 0.3) is 0 Å². The second-order valence-electron chi connectivity index (χ2n) is 4.35. The van der Waals surface area contributed by atoms with E-state index in [0.717, 1.165) is 5.56 Å². The molecule has 0 bridgehead atoms. The quantitative estimate of drug-likeness (QED) is 0.775. The van der Waals surface area contributed by atoms with Crippen LogP contribution >= 0.6 is 0 Å². The normalized spacial score (nSPS) is 10.7. The van der Waals surface area contributed by atoms with Crippen molar-refractivity contribution < 1.29 is 4.39 Å². The lowest BCUT2D eigenvalue weighted by atomic mass is 10.2. The van der Waals surface area contributed by atoms with Gasteiger partial charge in [0.1, 0.15) is 11.5 Å². The predicted molar refractivity (Wildman–Crippen MR) is 73.7 cm³/mol.